The van der Waals surface area contributed by atoms with Crippen LogP contribution in [-0.2, 0) is 4.74 Å². The van der Waals surface area contributed by atoms with Gasteiger partial charge in [0.15, 0.2) is 0 Å². The minimum absolute atomic E-state index is 0.102. The van der Waals surface area contributed by atoms with Gasteiger partial charge in [-0.05, 0) is 18.9 Å². The first-order valence-corrected chi connectivity index (χ1v) is 4.86. The quantitative estimate of drug-likeness (QED) is 0.816. The number of hydrogen-bond donors (Lipinski definition) is 1. The molecule has 2 N–H and O–H groups in total. The van der Waals surface area contributed by atoms with E-state index in [2.05, 4.69) is 4.98 Å². The van der Waals surface area contributed by atoms with Crippen molar-refractivity contribution in [2.45, 2.75) is 31.6 Å². The van der Waals surface area contributed by atoms with E-state index in [1.807, 2.05) is 0 Å². The predicted molar refractivity (Wildman–Crippen MR) is 52.1 cm³/mol. The minimum Gasteiger partial charge on any atom is -0.383 e. The van der Waals surface area contributed by atoms with Crippen molar-refractivity contribution in [1.82, 2.24) is 9.55 Å². The van der Waals surface area contributed by atoms with Crippen molar-refractivity contribution in [2.75, 3.05) is 5.73 Å². The van der Waals surface area contributed by atoms with Crippen LogP contribution in [0.3, 0.4) is 0 Å². The highest BCUT2D eigenvalue weighted by Crippen LogP contribution is 2.30. The van der Waals surface area contributed by atoms with Crippen LogP contribution in [0.5, 0.6) is 0 Å². The van der Waals surface area contributed by atoms with E-state index < -0.39 is 24.4 Å². The van der Waals surface area contributed by atoms with Gasteiger partial charge in [-0.25, -0.2) is 13.6 Å². The maximum atomic E-state index is 12.3. The molecule has 2 rings (SSSR count). The maximum absolute atomic E-state index is 12.3. The van der Waals surface area contributed by atoms with Crippen LogP contribution in [0.25, 0.3) is 0 Å². The molecule has 16 heavy (non-hydrogen) atoms. The summed E-state index contributed by atoms with van der Waals surface area (Å²) >= 11 is 0. The van der Waals surface area contributed by atoms with E-state index in [0.29, 0.717) is 6.42 Å². The molecular weight excluding hydrogens is 220 g/mol. The number of halogens is 2. The Morgan fingerprint density at radius 3 is 2.88 bits per heavy atom. The fraction of sp³-hybridized carbons (Fsp3) is 0.556. The molecule has 88 valence electrons. The summed E-state index contributed by atoms with van der Waals surface area (Å²) < 4.78 is 30.9. The second-order valence-electron chi connectivity index (χ2n) is 3.58. The summed E-state index contributed by atoms with van der Waals surface area (Å²) in [6.07, 6.45) is -2.28. The molecule has 0 saturated carbocycles. The lowest BCUT2D eigenvalue weighted by molar-refractivity contribution is -0.0746. The van der Waals surface area contributed by atoms with Crippen LogP contribution in [0.4, 0.5) is 14.6 Å². The first kappa shape index (κ1) is 11.0. The lowest BCUT2D eigenvalue weighted by atomic mass is 10.2. The van der Waals surface area contributed by atoms with Gasteiger partial charge in [-0.15, -0.1) is 0 Å². The van der Waals surface area contributed by atoms with Crippen LogP contribution < -0.4 is 11.4 Å². The van der Waals surface area contributed by atoms with Crippen molar-refractivity contribution in [3.05, 3.63) is 22.7 Å². The van der Waals surface area contributed by atoms with Crippen molar-refractivity contribution in [3.8, 4) is 0 Å². The van der Waals surface area contributed by atoms with Gasteiger partial charge in [0.05, 0.1) is 0 Å². The van der Waals surface area contributed by atoms with E-state index >= 15 is 0 Å². The van der Waals surface area contributed by atoms with Crippen molar-refractivity contribution in [3.63, 3.8) is 0 Å². The van der Waals surface area contributed by atoms with Gasteiger partial charge in [0, 0.05) is 6.20 Å². The van der Waals surface area contributed by atoms with Gasteiger partial charge in [0.1, 0.15) is 18.1 Å². The van der Waals surface area contributed by atoms with Gasteiger partial charge in [-0.1, -0.05) is 0 Å². The second-order valence-corrected chi connectivity index (χ2v) is 3.58. The van der Waals surface area contributed by atoms with Crippen molar-refractivity contribution >= 4 is 5.82 Å². The first-order valence-electron chi connectivity index (χ1n) is 4.86. The highest BCUT2D eigenvalue weighted by molar-refractivity contribution is 5.23. The van der Waals surface area contributed by atoms with Gasteiger partial charge in [0.2, 0.25) is 0 Å². The molecule has 0 amide bonds. The molecule has 5 nitrogen and oxygen atoms in total. The average Bonchev–Trinajstić information content (AvgIpc) is 2.66. The highest BCUT2D eigenvalue weighted by atomic mass is 19.3. The van der Waals surface area contributed by atoms with Crippen LogP contribution in [0, 0.1) is 0 Å². The van der Waals surface area contributed by atoms with Gasteiger partial charge in [0.25, 0.3) is 6.43 Å². The number of nitrogens with zero attached hydrogens (tertiary/aromatic N) is 2. The summed E-state index contributed by atoms with van der Waals surface area (Å²) in [5.74, 6) is 0.102. The molecule has 1 aromatic heterocycles. The Bertz CT molecular complexity index is 435. The molecule has 0 aromatic carbocycles. The fourth-order valence-electron chi connectivity index (χ4n) is 1.68. The molecule has 2 heterocycles. The molecule has 1 fully saturated rings. The third kappa shape index (κ3) is 2.04. The Morgan fingerprint density at radius 1 is 1.56 bits per heavy atom. The van der Waals surface area contributed by atoms with E-state index in [1.165, 1.54) is 16.8 Å². The Morgan fingerprint density at radius 2 is 2.31 bits per heavy atom. The molecule has 0 spiro atoms. The molecule has 1 aliphatic heterocycles. The highest BCUT2D eigenvalue weighted by Gasteiger charge is 2.33. The van der Waals surface area contributed by atoms with Crippen molar-refractivity contribution < 1.29 is 13.5 Å². The number of aromatic nitrogens is 2. The van der Waals surface area contributed by atoms with E-state index in [0.717, 1.165) is 0 Å². The molecule has 0 unspecified atom stereocenters. The normalized spacial score (nSPS) is 25.2. The number of anilines is 1. The number of hydrogen-bond acceptors (Lipinski definition) is 4. The molecule has 0 aliphatic carbocycles. The number of ether oxygens (including phenoxy) is 1. The fourth-order valence-corrected chi connectivity index (χ4v) is 1.68. The molecule has 1 aliphatic rings. The smallest absolute Gasteiger partial charge is 0.351 e. The van der Waals surface area contributed by atoms with Crippen molar-refractivity contribution in [1.29, 1.82) is 0 Å². The third-order valence-corrected chi connectivity index (χ3v) is 2.47. The van der Waals surface area contributed by atoms with Gasteiger partial charge in [-0.2, -0.15) is 4.98 Å². The SMILES string of the molecule is Nc1ccn([C@H]2CC[C@H](C(F)F)O2)c(=O)n1. The van der Waals surface area contributed by atoms with Gasteiger partial charge < -0.3 is 10.5 Å². The van der Waals surface area contributed by atoms with E-state index in [9.17, 15) is 13.6 Å². The lowest BCUT2D eigenvalue weighted by Crippen LogP contribution is -2.28. The standard InChI is InChI=1S/C9H11F2N3O2/c10-8(11)5-1-2-7(16-5)14-4-3-6(12)13-9(14)15/h3-5,7-8H,1-2H2,(H2,12,13,15)/t5-,7-/m1/s1. The zero-order valence-electron chi connectivity index (χ0n) is 8.35. The summed E-state index contributed by atoms with van der Waals surface area (Å²) in [6.45, 7) is 0. The first-order chi connectivity index (χ1) is 7.58. The monoisotopic (exact) mass is 231 g/mol. The zero-order valence-corrected chi connectivity index (χ0v) is 8.35. The van der Waals surface area contributed by atoms with E-state index in [-0.39, 0.29) is 12.2 Å². The molecule has 1 saturated heterocycles. The Labute approximate surface area is 89.8 Å². The Balaban J connectivity index is 2.18. The van der Waals surface area contributed by atoms with Crippen LogP contribution in [0.1, 0.15) is 19.1 Å². The number of nitrogen functional groups attached to an aromatic ring is 1. The molecule has 2 atom stereocenters. The number of rotatable bonds is 2. The summed E-state index contributed by atoms with van der Waals surface area (Å²) in [5, 5.41) is 0. The van der Waals surface area contributed by atoms with Gasteiger partial charge >= 0.3 is 5.69 Å². The molecule has 0 radical (unpaired) electrons. The second kappa shape index (κ2) is 4.17. The average molecular weight is 231 g/mol. The molecule has 0 bridgehead atoms. The van der Waals surface area contributed by atoms with Crippen molar-refractivity contribution in [2.24, 2.45) is 0 Å². The summed E-state index contributed by atoms with van der Waals surface area (Å²) in [6, 6.07) is 1.43. The molecule has 7 heteroatoms. The Kier molecular flexibility index (Phi) is 2.86. The number of alkyl halides is 2. The maximum Gasteiger partial charge on any atom is 0.351 e. The molecule has 1 aromatic rings. The molecular formula is C9H11F2N3O2. The predicted octanol–water partition coefficient (Wildman–Crippen LogP) is 0.768. The largest absolute Gasteiger partial charge is 0.383 e. The topological polar surface area (TPSA) is 70.1 Å². The summed E-state index contributed by atoms with van der Waals surface area (Å²) in [5.41, 5.74) is 4.73. The van der Waals surface area contributed by atoms with Gasteiger partial charge in [-0.3, -0.25) is 4.57 Å². The summed E-state index contributed by atoms with van der Waals surface area (Å²) in [4.78, 5) is 14.9. The lowest BCUT2D eigenvalue weighted by Gasteiger charge is -2.14. The van der Waals surface area contributed by atoms with Crippen LogP contribution in [0.2, 0.25) is 0 Å². The zero-order chi connectivity index (χ0) is 11.7. The van der Waals surface area contributed by atoms with Crippen LogP contribution in [0.15, 0.2) is 17.1 Å². The van der Waals surface area contributed by atoms with Crippen LogP contribution >= 0.6 is 0 Å². The van der Waals surface area contributed by atoms with E-state index in [4.69, 9.17) is 10.5 Å². The van der Waals surface area contributed by atoms with Crippen LogP contribution in [-0.4, -0.2) is 22.1 Å². The van der Waals surface area contributed by atoms with E-state index in [1.54, 1.807) is 0 Å². The summed E-state index contributed by atoms with van der Waals surface area (Å²) in [7, 11) is 0. The third-order valence-electron chi connectivity index (χ3n) is 2.47. The minimum atomic E-state index is -2.53. The number of nitrogens with two attached hydrogens (primary N) is 1. The Hall–Kier alpha value is -1.50.